The van der Waals surface area contributed by atoms with Crippen LogP contribution in [-0.2, 0) is 21.4 Å². The number of nitrogens with zero attached hydrogens (tertiary/aromatic N) is 1. The molecule has 2 rings (SSSR count). The highest BCUT2D eigenvalue weighted by Crippen LogP contribution is 2.29. The molecule has 1 aromatic rings. The van der Waals surface area contributed by atoms with Crippen molar-refractivity contribution >= 4 is 12.1 Å². The van der Waals surface area contributed by atoms with Gasteiger partial charge in [-0.25, -0.2) is 9.59 Å². The first kappa shape index (κ1) is 20.3. The van der Waals surface area contributed by atoms with Crippen molar-refractivity contribution in [2.24, 2.45) is 5.92 Å². The van der Waals surface area contributed by atoms with E-state index in [-0.39, 0.29) is 11.3 Å². The molecule has 5 heteroatoms. The quantitative estimate of drug-likeness (QED) is 0.874. The Bertz CT molecular complexity index is 652. The van der Waals surface area contributed by atoms with E-state index >= 15 is 0 Å². The van der Waals surface area contributed by atoms with E-state index < -0.39 is 23.7 Å². The third kappa shape index (κ3) is 5.23. The van der Waals surface area contributed by atoms with Gasteiger partial charge in [0.25, 0.3) is 0 Å². The Hall–Kier alpha value is -2.04. The Morgan fingerprint density at radius 1 is 1.12 bits per heavy atom. The Balaban J connectivity index is 2.07. The number of amides is 1. The van der Waals surface area contributed by atoms with Crippen molar-refractivity contribution < 1.29 is 19.4 Å². The van der Waals surface area contributed by atoms with Crippen LogP contribution in [-0.4, -0.2) is 40.3 Å². The molecule has 5 nitrogen and oxygen atoms in total. The lowest BCUT2D eigenvalue weighted by molar-refractivity contribution is -0.142. The average molecular weight is 361 g/mol. The van der Waals surface area contributed by atoms with Gasteiger partial charge in [0.2, 0.25) is 0 Å². The van der Waals surface area contributed by atoms with Crippen LogP contribution in [0, 0.1) is 5.92 Å². The average Bonchev–Trinajstić information content (AvgIpc) is 2.89. The van der Waals surface area contributed by atoms with Crippen molar-refractivity contribution in [3.05, 3.63) is 35.4 Å². The van der Waals surface area contributed by atoms with Gasteiger partial charge in [-0.05, 0) is 56.1 Å². The van der Waals surface area contributed by atoms with E-state index in [0.717, 1.165) is 12.0 Å². The molecular formula is C21H31NO4. The van der Waals surface area contributed by atoms with Gasteiger partial charge in [0, 0.05) is 6.54 Å². The highest BCUT2D eigenvalue weighted by atomic mass is 16.6. The molecule has 0 aliphatic carbocycles. The Labute approximate surface area is 156 Å². The largest absolute Gasteiger partial charge is 0.480 e. The maximum atomic E-state index is 12.4. The minimum Gasteiger partial charge on any atom is -0.480 e. The van der Waals surface area contributed by atoms with E-state index in [4.69, 9.17) is 4.74 Å². The fourth-order valence-electron chi connectivity index (χ4n) is 3.30. The molecule has 1 aliphatic heterocycles. The fourth-order valence-corrected chi connectivity index (χ4v) is 3.30. The summed E-state index contributed by atoms with van der Waals surface area (Å²) in [6.07, 6.45) is 0.666. The van der Waals surface area contributed by atoms with Crippen LogP contribution in [0.3, 0.4) is 0 Å². The summed E-state index contributed by atoms with van der Waals surface area (Å²) in [6, 6.07) is 7.65. The smallest absolute Gasteiger partial charge is 0.411 e. The summed E-state index contributed by atoms with van der Waals surface area (Å²) >= 11 is 0. The minimum atomic E-state index is -0.971. The minimum absolute atomic E-state index is 0.105. The summed E-state index contributed by atoms with van der Waals surface area (Å²) in [7, 11) is 0. The summed E-state index contributed by atoms with van der Waals surface area (Å²) in [5, 5.41) is 9.49. The third-order valence-electron chi connectivity index (χ3n) is 4.65. The van der Waals surface area contributed by atoms with E-state index in [1.165, 1.54) is 10.5 Å². The van der Waals surface area contributed by atoms with Gasteiger partial charge in [-0.3, -0.25) is 4.90 Å². The molecule has 1 N–H and O–H groups in total. The van der Waals surface area contributed by atoms with Crippen molar-refractivity contribution in [1.82, 2.24) is 4.90 Å². The van der Waals surface area contributed by atoms with Gasteiger partial charge >= 0.3 is 12.1 Å². The van der Waals surface area contributed by atoms with Crippen molar-refractivity contribution in [3.8, 4) is 0 Å². The van der Waals surface area contributed by atoms with Crippen LogP contribution in [0.4, 0.5) is 4.79 Å². The molecule has 1 heterocycles. The number of carbonyl (C=O) groups is 2. The van der Waals surface area contributed by atoms with E-state index in [9.17, 15) is 14.7 Å². The summed E-state index contributed by atoms with van der Waals surface area (Å²) in [4.78, 5) is 25.3. The number of aliphatic carboxylic acids is 1. The first-order valence-electron chi connectivity index (χ1n) is 9.18. The molecule has 26 heavy (non-hydrogen) atoms. The maximum absolute atomic E-state index is 12.4. The van der Waals surface area contributed by atoms with Crippen molar-refractivity contribution in [2.45, 2.75) is 71.4 Å². The van der Waals surface area contributed by atoms with Crippen LogP contribution in [0.5, 0.6) is 0 Å². The predicted octanol–water partition coefficient (Wildman–Crippen LogP) is 4.24. The summed E-state index contributed by atoms with van der Waals surface area (Å²) in [5.41, 5.74) is 1.90. The van der Waals surface area contributed by atoms with Gasteiger partial charge in [-0.15, -0.1) is 0 Å². The molecule has 0 bridgehead atoms. The van der Waals surface area contributed by atoms with Gasteiger partial charge < -0.3 is 9.84 Å². The van der Waals surface area contributed by atoms with E-state index in [1.807, 2.05) is 0 Å². The molecule has 144 valence electrons. The molecule has 0 unspecified atom stereocenters. The molecule has 1 aromatic carbocycles. The fraction of sp³-hybridized carbons (Fsp3) is 0.619. The first-order chi connectivity index (χ1) is 11.9. The zero-order valence-electron chi connectivity index (χ0n) is 16.7. The van der Waals surface area contributed by atoms with Gasteiger partial charge in [0.1, 0.15) is 11.6 Å². The molecule has 0 aromatic heterocycles. The lowest BCUT2D eigenvalue weighted by atomic mass is 9.86. The third-order valence-corrected chi connectivity index (χ3v) is 4.65. The van der Waals surface area contributed by atoms with Crippen LogP contribution in [0.2, 0.25) is 0 Å². The van der Waals surface area contributed by atoms with Crippen molar-refractivity contribution in [1.29, 1.82) is 0 Å². The molecule has 1 amide bonds. The number of ether oxygens (including phenoxy) is 1. The van der Waals surface area contributed by atoms with Crippen LogP contribution in [0.15, 0.2) is 24.3 Å². The van der Waals surface area contributed by atoms with E-state index in [1.54, 1.807) is 20.8 Å². The van der Waals surface area contributed by atoms with Crippen molar-refractivity contribution in [3.63, 3.8) is 0 Å². The number of rotatable bonds is 3. The lowest BCUT2D eigenvalue weighted by Gasteiger charge is -2.26. The molecule has 2 atom stereocenters. The second-order valence-electron chi connectivity index (χ2n) is 9.24. The molecule has 1 saturated heterocycles. The number of hydrogen-bond acceptors (Lipinski definition) is 3. The van der Waals surface area contributed by atoms with E-state index in [2.05, 4.69) is 45.0 Å². The summed E-state index contributed by atoms with van der Waals surface area (Å²) < 4.78 is 5.38. The highest BCUT2D eigenvalue weighted by Gasteiger charge is 2.41. The van der Waals surface area contributed by atoms with Gasteiger partial charge in [0.05, 0.1) is 0 Å². The lowest BCUT2D eigenvalue weighted by Crippen LogP contribution is -2.43. The van der Waals surface area contributed by atoms with Crippen LogP contribution in [0.1, 0.15) is 59.1 Å². The normalized spacial score (nSPS) is 20.9. The topological polar surface area (TPSA) is 66.8 Å². The Kier molecular flexibility index (Phi) is 5.69. The number of carbonyl (C=O) groups excluding carboxylic acids is 1. The van der Waals surface area contributed by atoms with Crippen LogP contribution >= 0.6 is 0 Å². The number of carboxylic acids is 1. The number of hydrogen-bond donors (Lipinski definition) is 1. The Morgan fingerprint density at radius 2 is 1.69 bits per heavy atom. The zero-order valence-corrected chi connectivity index (χ0v) is 16.7. The second kappa shape index (κ2) is 7.29. The summed E-state index contributed by atoms with van der Waals surface area (Å²) in [6.45, 7) is 12.3. The monoisotopic (exact) mass is 361 g/mol. The van der Waals surface area contributed by atoms with Crippen LogP contribution < -0.4 is 0 Å². The summed E-state index contributed by atoms with van der Waals surface area (Å²) in [5.74, 6) is -0.856. The van der Waals surface area contributed by atoms with Gasteiger partial charge in [-0.1, -0.05) is 45.0 Å². The molecular weight excluding hydrogens is 330 g/mol. The van der Waals surface area contributed by atoms with E-state index in [0.29, 0.717) is 13.0 Å². The highest BCUT2D eigenvalue weighted by molar-refractivity contribution is 5.81. The van der Waals surface area contributed by atoms with Gasteiger partial charge in [-0.2, -0.15) is 0 Å². The van der Waals surface area contributed by atoms with Crippen LogP contribution in [0.25, 0.3) is 0 Å². The van der Waals surface area contributed by atoms with Crippen molar-refractivity contribution in [2.75, 3.05) is 6.54 Å². The Morgan fingerprint density at radius 3 is 2.15 bits per heavy atom. The maximum Gasteiger partial charge on any atom is 0.411 e. The molecule has 1 aliphatic rings. The predicted molar refractivity (Wildman–Crippen MR) is 101 cm³/mol. The number of likely N-dealkylation sites (tertiary alicyclic amines) is 1. The molecule has 1 fully saturated rings. The number of carboxylic acid groups (broad SMARTS) is 1. The second-order valence-corrected chi connectivity index (χ2v) is 9.24. The molecule has 0 radical (unpaired) electrons. The SMILES string of the molecule is CC(C)(C)OC(=O)N1C[C@@H](Cc2ccc(C(C)(C)C)cc2)C[C@H]1C(=O)O. The molecule has 0 saturated carbocycles. The van der Waals surface area contributed by atoms with Gasteiger partial charge in [0.15, 0.2) is 0 Å². The molecule has 0 spiro atoms. The zero-order chi connectivity index (χ0) is 19.7. The number of benzene rings is 1. The standard InChI is InChI=1S/C21H31NO4/c1-20(2,3)16-9-7-14(8-10-16)11-15-12-17(18(23)24)22(13-15)19(25)26-21(4,5)6/h7-10,15,17H,11-13H2,1-6H3,(H,23,24)/t15-,17-/m0/s1. The first-order valence-corrected chi connectivity index (χ1v) is 9.18.